The summed E-state index contributed by atoms with van der Waals surface area (Å²) in [4.78, 5) is 0.297. The van der Waals surface area contributed by atoms with Crippen LogP contribution in [0.5, 0.6) is 0 Å². The van der Waals surface area contributed by atoms with Gasteiger partial charge in [0.15, 0.2) is 0 Å². The van der Waals surface area contributed by atoms with E-state index < -0.39 is 10.0 Å². The van der Waals surface area contributed by atoms with Crippen LogP contribution in [0.3, 0.4) is 0 Å². The summed E-state index contributed by atoms with van der Waals surface area (Å²) in [6.07, 6.45) is 2.80. The zero-order valence-electron chi connectivity index (χ0n) is 12.4. The molecule has 0 radical (unpaired) electrons. The highest BCUT2D eigenvalue weighted by Gasteiger charge is 2.16. The number of halogens is 1. The van der Waals surface area contributed by atoms with Crippen LogP contribution in [0.1, 0.15) is 39.2 Å². The molecule has 3 nitrogen and oxygen atoms in total. The predicted octanol–water partition coefficient (Wildman–Crippen LogP) is 3.57. The summed E-state index contributed by atoms with van der Waals surface area (Å²) in [5, 5.41) is -0.177. The maximum absolute atomic E-state index is 12.1. The summed E-state index contributed by atoms with van der Waals surface area (Å²) >= 11 is 6.11. The van der Waals surface area contributed by atoms with Crippen LogP contribution in [0.2, 0.25) is 0 Å². The third kappa shape index (κ3) is 5.81. The van der Waals surface area contributed by atoms with Crippen LogP contribution < -0.4 is 4.72 Å². The fraction of sp³-hybridized carbons (Fsp3) is 0.600. The van der Waals surface area contributed by atoms with Gasteiger partial charge in [0.2, 0.25) is 10.0 Å². The molecule has 1 atom stereocenters. The van der Waals surface area contributed by atoms with Crippen LogP contribution in [0, 0.1) is 5.92 Å². The Morgan fingerprint density at radius 1 is 1.20 bits per heavy atom. The van der Waals surface area contributed by atoms with Crippen molar-refractivity contribution < 1.29 is 8.42 Å². The fourth-order valence-electron chi connectivity index (χ4n) is 2.00. The molecule has 0 saturated heterocycles. The molecule has 1 rings (SSSR count). The Morgan fingerprint density at radius 2 is 1.80 bits per heavy atom. The maximum atomic E-state index is 12.1. The second kappa shape index (κ2) is 8.01. The van der Waals surface area contributed by atoms with E-state index in [1.54, 1.807) is 12.1 Å². The third-order valence-corrected chi connectivity index (χ3v) is 4.77. The second-order valence-corrected chi connectivity index (χ2v) is 7.86. The molecule has 0 bridgehead atoms. The van der Waals surface area contributed by atoms with E-state index in [9.17, 15) is 8.42 Å². The smallest absolute Gasteiger partial charge is 0.210 e. The van der Waals surface area contributed by atoms with Gasteiger partial charge in [0.1, 0.15) is 0 Å². The van der Waals surface area contributed by atoms with E-state index >= 15 is 0 Å². The molecule has 0 amide bonds. The van der Waals surface area contributed by atoms with Gasteiger partial charge in [0.05, 0.1) is 4.90 Å². The van der Waals surface area contributed by atoms with Crippen molar-refractivity contribution in [3.63, 3.8) is 0 Å². The Bertz CT molecular complexity index is 497. The van der Waals surface area contributed by atoms with Gasteiger partial charge in [-0.3, -0.25) is 0 Å². The molecule has 5 heteroatoms. The number of nitrogens with one attached hydrogen (secondary N) is 1. The normalized spacial score (nSPS) is 13.7. The Kier molecular flexibility index (Phi) is 7.00. The lowest BCUT2D eigenvalue weighted by atomic mass is 10.1. The fourth-order valence-corrected chi connectivity index (χ4v) is 3.61. The summed E-state index contributed by atoms with van der Waals surface area (Å²) < 4.78 is 26.8. The van der Waals surface area contributed by atoms with Crippen LogP contribution in [-0.4, -0.2) is 20.3 Å². The van der Waals surface area contributed by atoms with Gasteiger partial charge in [-0.25, -0.2) is 13.1 Å². The molecule has 0 aliphatic carbocycles. The van der Waals surface area contributed by atoms with E-state index in [-0.39, 0.29) is 11.9 Å². The average molecular weight is 318 g/mol. The molecule has 0 saturated carbocycles. The molecule has 20 heavy (non-hydrogen) atoms. The van der Waals surface area contributed by atoms with E-state index in [0.29, 0.717) is 10.8 Å². The molecular formula is C15H24ClNO2S. The van der Waals surface area contributed by atoms with Crippen molar-refractivity contribution in [1.82, 2.24) is 4.72 Å². The minimum atomic E-state index is -3.46. The molecule has 0 spiro atoms. The lowest BCUT2D eigenvalue weighted by molar-refractivity contribution is 0.544. The van der Waals surface area contributed by atoms with Gasteiger partial charge in [-0.2, -0.15) is 0 Å². The van der Waals surface area contributed by atoms with Crippen LogP contribution in [0.4, 0.5) is 0 Å². The molecule has 1 aromatic carbocycles. The van der Waals surface area contributed by atoms with E-state index in [1.165, 1.54) is 0 Å². The summed E-state index contributed by atoms with van der Waals surface area (Å²) in [6.45, 7) is 6.49. The summed E-state index contributed by atoms with van der Waals surface area (Å²) in [6, 6.07) is 7.03. The third-order valence-electron chi connectivity index (χ3n) is 2.99. The van der Waals surface area contributed by atoms with Crippen molar-refractivity contribution in [2.24, 2.45) is 5.92 Å². The zero-order chi connectivity index (χ0) is 15.2. The minimum Gasteiger partial charge on any atom is -0.210 e. The summed E-state index contributed by atoms with van der Waals surface area (Å²) in [5.74, 6) is 0.454. The standard InChI is InChI=1S/C15H24ClNO2S/c1-4-5-13-6-8-15(9-7-13)20(18,19)17-11-14(16)10-12(2)3/h6-9,12,14,17H,4-5,10-11H2,1-3H3. The molecule has 0 aliphatic rings. The summed E-state index contributed by atoms with van der Waals surface area (Å²) in [5.41, 5.74) is 1.15. The summed E-state index contributed by atoms with van der Waals surface area (Å²) in [7, 11) is -3.46. The number of sulfonamides is 1. The Hall–Kier alpha value is -0.580. The average Bonchev–Trinajstić information content (AvgIpc) is 2.37. The van der Waals surface area contributed by atoms with Gasteiger partial charge in [-0.15, -0.1) is 11.6 Å². The molecule has 0 fully saturated rings. The number of benzene rings is 1. The van der Waals surface area contributed by atoms with Gasteiger partial charge < -0.3 is 0 Å². The highest BCUT2D eigenvalue weighted by atomic mass is 35.5. The number of rotatable bonds is 8. The van der Waals surface area contributed by atoms with Crippen molar-refractivity contribution in [3.8, 4) is 0 Å². The molecule has 1 N–H and O–H groups in total. The Balaban J connectivity index is 2.64. The maximum Gasteiger partial charge on any atom is 0.240 e. The Morgan fingerprint density at radius 3 is 2.30 bits per heavy atom. The predicted molar refractivity (Wildman–Crippen MR) is 84.7 cm³/mol. The van der Waals surface area contributed by atoms with Crippen molar-refractivity contribution in [2.45, 2.75) is 50.3 Å². The molecule has 0 heterocycles. The largest absolute Gasteiger partial charge is 0.240 e. The molecule has 1 unspecified atom stereocenters. The van der Waals surface area contributed by atoms with Gasteiger partial charge in [0.25, 0.3) is 0 Å². The first-order valence-corrected chi connectivity index (χ1v) is 8.99. The minimum absolute atomic E-state index is 0.177. The van der Waals surface area contributed by atoms with Gasteiger partial charge in [-0.1, -0.05) is 39.3 Å². The Labute approximate surface area is 127 Å². The van der Waals surface area contributed by atoms with Crippen molar-refractivity contribution in [1.29, 1.82) is 0 Å². The SMILES string of the molecule is CCCc1ccc(S(=O)(=O)NCC(Cl)CC(C)C)cc1. The topological polar surface area (TPSA) is 46.2 Å². The van der Waals surface area contributed by atoms with Crippen molar-refractivity contribution in [2.75, 3.05) is 6.54 Å². The van der Waals surface area contributed by atoms with Gasteiger partial charge in [0, 0.05) is 11.9 Å². The van der Waals surface area contributed by atoms with Crippen LogP contribution in [-0.2, 0) is 16.4 Å². The molecule has 0 aromatic heterocycles. The first-order chi connectivity index (χ1) is 9.35. The van der Waals surface area contributed by atoms with Crippen LogP contribution in [0.25, 0.3) is 0 Å². The van der Waals surface area contributed by atoms with Crippen LogP contribution in [0.15, 0.2) is 29.2 Å². The number of hydrogen-bond acceptors (Lipinski definition) is 2. The second-order valence-electron chi connectivity index (χ2n) is 5.47. The highest BCUT2D eigenvalue weighted by molar-refractivity contribution is 7.89. The first kappa shape index (κ1) is 17.5. The lowest BCUT2D eigenvalue weighted by Crippen LogP contribution is -2.30. The number of alkyl halides is 1. The van der Waals surface area contributed by atoms with Crippen molar-refractivity contribution >= 4 is 21.6 Å². The van der Waals surface area contributed by atoms with Crippen molar-refractivity contribution in [3.05, 3.63) is 29.8 Å². The van der Waals surface area contributed by atoms with Gasteiger partial charge >= 0.3 is 0 Å². The monoisotopic (exact) mass is 317 g/mol. The van der Waals surface area contributed by atoms with Gasteiger partial charge in [-0.05, 0) is 36.5 Å². The number of aryl methyl sites for hydroxylation is 1. The molecular weight excluding hydrogens is 294 g/mol. The van der Waals surface area contributed by atoms with E-state index in [1.807, 2.05) is 12.1 Å². The van der Waals surface area contributed by atoms with Crippen LogP contribution >= 0.6 is 11.6 Å². The number of hydrogen-bond donors (Lipinski definition) is 1. The first-order valence-electron chi connectivity index (χ1n) is 7.07. The van der Waals surface area contributed by atoms with E-state index in [2.05, 4.69) is 25.5 Å². The quantitative estimate of drug-likeness (QED) is 0.745. The molecule has 0 aliphatic heterocycles. The lowest BCUT2D eigenvalue weighted by Gasteiger charge is -2.13. The molecule has 114 valence electrons. The zero-order valence-corrected chi connectivity index (χ0v) is 14.0. The van der Waals surface area contributed by atoms with E-state index in [0.717, 1.165) is 24.8 Å². The molecule has 1 aromatic rings. The van der Waals surface area contributed by atoms with E-state index in [4.69, 9.17) is 11.6 Å². The highest BCUT2D eigenvalue weighted by Crippen LogP contribution is 2.14.